The molecule has 0 spiro atoms. The predicted octanol–water partition coefficient (Wildman–Crippen LogP) is 9.49. The summed E-state index contributed by atoms with van der Waals surface area (Å²) in [5.41, 5.74) is 9.45. The molecule has 3 heteroatoms. The number of nitrogens with zero attached hydrogens (tertiary/aromatic N) is 3. The number of pyridine rings is 3. The summed E-state index contributed by atoms with van der Waals surface area (Å²) in [4.78, 5) is 14.5. The first-order valence-electron chi connectivity index (χ1n) is 13.4. The number of benzene rings is 5. The third-order valence-electron chi connectivity index (χ3n) is 7.68. The van der Waals surface area contributed by atoms with Crippen molar-refractivity contribution in [3.63, 3.8) is 0 Å². The topological polar surface area (TPSA) is 38.7 Å². The Bertz CT molecular complexity index is 2230. The van der Waals surface area contributed by atoms with Crippen molar-refractivity contribution in [3.8, 4) is 33.6 Å². The lowest BCUT2D eigenvalue weighted by Crippen LogP contribution is -1.89. The van der Waals surface area contributed by atoms with Crippen LogP contribution in [0.1, 0.15) is 0 Å². The van der Waals surface area contributed by atoms with Crippen molar-refractivity contribution in [2.24, 2.45) is 0 Å². The maximum atomic E-state index is 5.00. The summed E-state index contributed by atoms with van der Waals surface area (Å²) in [6.45, 7) is 0. The van der Waals surface area contributed by atoms with Crippen LogP contribution in [-0.2, 0) is 0 Å². The highest BCUT2D eigenvalue weighted by Gasteiger charge is 2.09. The molecule has 0 N–H and O–H groups in total. The zero-order chi connectivity index (χ0) is 26.5. The Kier molecular flexibility index (Phi) is 5.14. The molecule has 5 aromatic carbocycles. The number of hydrogen-bond acceptors (Lipinski definition) is 3. The minimum absolute atomic E-state index is 0.956. The molecule has 0 fully saturated rings. The molecule has 0 saturated carbocycles. The zero-order valence-electron chi connectivity index (χ0n) is 21.6. The van der Waals surface area contributed by atoms with E-state index in [0.29, 0.717) is 0 Å². The third kappa shape index (κ3) is 3.88. The van der Waals surface area contributed by atoms with Gasteiger partial charge >= 0.3 is 0 Å². The first-order chi connectivity index (χ1) is 19.8. The van der Waals surface area contributed by atoms with Crippen LogP contribution in [0.15, 0.2) is 140 Å². The highest BCUT2D eigenvalue weighted by molar-refractivity contribution is 5.96. The molecule has 0 amide bonds. The van der Waals surface area contributed by atoms with Crippen LogP contribution in [0.5, 0.6) is 0 Å². The number of aromatic nitrogens is 3. The standard InChI is InChI=1S/C37H23N3/c1-2-6-25-21-28(11-10-24(25)5-1)34-18-14-29-22-26(12-16-33(29)39-34)27-13-17-35-30(23-27)15-19-37(40-35)32-7-3-9-36-31(32)8-4-20-38-36/h1-23H. The van der Waals surface area contributed by atoms with Gasteiger partial charge in [-0.2, -0.15) is 0 Å². The van der Waals surface area contributed by atoms with Crippen LogP contribution in [-0.4, -0.2) is 15.0 Å². The van der Waals surface area contributed by atoms with Crippen LogP contribution in [0.3, 0.4) is 0 Å². The number of hydrogen-bond donors (Lipinski definition) is 0. The first kappa shape index (κ1) is 22.6. The Hall–Kier alpha value is -5.41. The average Bonchev–Trinajstić information content (AvgIpc) is 3.03. The molecule has 186 valence electrons. The third-order valence-corrected chi connectivity index (χ3v) is 7.68. The lowest BCUT2D eigenvalue weighted by atomic mass is 9.99. The summed E-state index contributed by atoms with van der Waals surface area (Å²) in [7, 11) is 0. The minimum Gasteiger partial charge on any atom is -0.256 e. The van der Waals surface area contributed by atoms with Gasteiger partial charge in [-0.05, 0) is 76.5 Å². The van der Waals surface area contributed by atoms with Gasteiger partial charge in [0.2, 0.25) is 0 Å². The Labute approximate surface area is 231 Å². The van der Waals surface area contributed by atoms with Crippen LogP contribution in [0.4, 0.5) is 0 Å². The van der Waals surface area contributed by atoms with Crippen molar-refractivity contribution in [3.05, 3.63) is 140 Å². The van der Waals surface area contributed by atoms with E-state index >= 15 is 0 Å². The van der Waals surface area contributed by atoms with Gasteiger partial charge in [-0.1, -0.05) is 78.9 Å². The van der Waals surface area contributed by atoms with Crippen molar-refractivity contribution in [1.29, 1.82) is 0 Å². The SMILES string of the molecule is c1ccc2cc(-c3ccc4cc(-c5ccc6nc(-c7cccc8ncccc78)ccc6c5)ccc4n3)ccc2c1. The van der Waals surface area contributed by atoms with Crippen molar-refractivity contribution in [2.75, 3.05) is 0 Å². The molecule has 3 nitrogen and oxygen atoms in total. The van der Waals surface area contributed by atoms with E-state index in [1.54, 1.807) is 0 Å². The fourth-order valence-corrected chi connectivity index (χ4v) is 5.60. The van der Waals surface area contributed by atoms with Crippen LogP contribution in [0, 0.1) is 0 Å². The fourth-order valence-electron chi connectivity index (χ4n) is 5.60. The lowest BCUT2D eigenvalue weighted by Gasteiger charge is -2.09. The average molecular weight is 510 g/mol. The normalized spacial score (nSPS) is 11.5. The van der Waals surface area contributed by atoms with Crippen molar-refractivity contribution in [2.45, 2.75) is 0 Å². The van der Waals surface area contributed by atoms with Crippen molar-refractivity contribution < 1.29 is 0 Å². The van der Waals surface area contributed by atoms with Crippen LogP contribution in [0.2, 0.25) is 0 Å². The van der Waals surface area contributed by atoms with Gasteiger partial charge in [0.15, 0.2) is 0 Å². The van der Waals surface area contributed by atoms with Gasteiger partial charge in [-0.25, -0.2) is 9.97 Å². The van der Waals surface area contributed by atoms with E-state index < -0.39 is 0 Å². The molecule has 40 heavy (non-hydrogen) atoms. The molecule has 0 aliphatic heterocycles. The Balaban J connectivity index is 1.13. The summed E-state index contributed by atoms with van der Waals surface area (Å²) < 4.78 is 0. The van der Waals surface area contributed by atoms with E-state index in [4.69, 9.17) is 9.97 Å². The zero-order valence-corrected chi connectivity index (χ0v) is 21.6. The fraction of sp³-hybridized carbons (Fsp3) is 0. The van der Waals surface area contributed by atoms with E-state index in [1.807, 2.05) is 24.4 Å². The highest BCUT2D eigenvalue weighted by atomic mass is 14.7. The number of rotatable bonds is 3. The summed E-state index contributed by atoms with van der Waals surface area (Å²) in [6, 6.07) is 46.8. The van der Waals surface area contributed by atoms with E-state index in [1.165, 1.54) is 16.3 Å². The van der Waals surface area contributed by atoms with E-state index in [9.17, 15) is 0 Å². The minimum atomic E-state index is 0.956. The first-order valence-corrected chi connectivity index (χ1v) is 13.4. The van der Waals surface area contributed by atoms with Crippen molar-refractivity contribution >= 4 is 43.5 Å². The van der Waals surface area contributed by atoms with Gasteiger partial charge in [0.1, 0.15) is 0 Å². The van der Waals surface area contributed by atoms with Crippen molar-refractivity contribution in [1.82, 2.24) is 15.0 Å². The number of fused-ring (bicyclic) bond motifs is 4. The molecule has 0 saturated heterocycles. The second-order valence-corrected chi connectivity index (χ2v) is 10.1. The second-order valence-electron chi connectivity index (χ2n) is 10.1. The lowest BCUT2D eigenvalue weighted by molar-refractivity contribution is 1.38. The molecule has 0 bridgehead atoms. The quantitative estimate of drug-likeness (QED) is 0.238. The molecular formula is C37H23N3. The summed E-state index contributed by atoms with van der Waals surface area (Å²) >= 11 is 0. The molecule has 3 heterocycles. The van der Waals surface area contributed by atoms with Crippen LogP contribution < -0.4 is 0 Å². The van der Waals surface area contributed by atoms with Crippen LogP contribution in [0.25, 0.3) is 77.1 Å². The van der Waals surface area contributed by atoms with Gasteiger partial charge in [0.25, 0.3) is 0 Å². The van der Waals surface area contributed by atoms with Crippen LogP contribution >= 0.6 is 0 Å². The van der Waals surface area contributed by atoms with E-state index in [0.717, 1.165) is 60.8 Å². The molecular weight excluding hydrogens is 486 g/mol. The largest absolute Gasteiger partial charge is 0.256 e. The monoisotopic (exact) mass is 509 g/mol. The molecule has 0 unspecified atom stereocenters. The Morgan fingerprint density at radius 2 is 1.02 bits per heavy atom. The van der Waals surface area contributed by atoms with E-state index in [2.05, 4.69) is 120 Å². The summed E-state index contributed by atoms with van der Waals surface area (Å²) in [5, 5.41) is 5.82. The maximum Gasteiger partial charge on any atom is 0.0716 e. The predicted molar refractivity (Wildman–Crippen MR) is 166 cm³/mol. The van der Waals surface area contributed by atoms with Gasteiger partial charge in [-0.3, -0.25) is 4.98 Å². The molecule has 0 atom stereocenters. The van der Waals surface area contributed by atoms with Gasteiger partial charge in [-0.15, -0.1) is 0 Å². The molecule has 8 aromatic rings. The van der Waals surface area contributed by atoms with E-state index in [-0.39, 0.29) is 0 Å². The van der Waals surface area contributed by atoms with Gasteiger partial charge in [0.05, 0.1) is 27.9 Å². The highest BCUT2D eigenvalue weighted by Crippen LogP contribution is 2.31. The van der Waals surface area contributed by atoms with Gasteiger partial charge < -0.3 is 0 Å². The molecule has 8 rings (SSSR count). The Morgan fingerprint density at radius 3 is 1.82 bits per heavy atom. The maximum absolute atomic E-state index is 5.00. The summed E-state index contributed by atoms with van der Waals surface area (Å²) in [5.74, 6) is 0. The summed E-state index contributed by atoms with van der Waals surface area (Å²) in [6.07, 6.45) is 1.83. The smallest absolute Gasteiger partial charge is 0.0716 e. The second kappa shape index (κ2) is 9.11. The molecule has 0 aliphatic rings. The molecule has 0 radical (unpaired) electrons. The van der Waals surface area contributed by atoms with Gasteiger partial charge in [0, 0.05) is 33.5 Å². The molecule has 0 aliphatic carbocycles. The Morgan fingerprint density at radius 1 is 0.375 bits per heavy atom. The molecule has 3 aromatic heterocycles.